The van der Waals surface area contributed by atoms with E-state index in [1.54, 1.807) is 35.1 Å². The molecule has 5 amide bonds. The molecule has 3 atom stereocenters. The molecule has 18 heteroatoms. The molecule has 376 valence electrons. The first kappa shape index (κ1) is 53.2. The van der Waals surface area contributed by atoms with Crippen LogP contribution >= 0.6 is 11.3 Å². The molecule has 1 saturated heterocycles. The van der Waals surface area contributed by atoms with E-state index < -0.39 is 47.5 Å². The zero-order valence-corrected chi connectivity index (χ0v) is 41.2. The van der Waals surface area contributed by atoms with Gasteiger partial charge >= 0.3 is 6.18 Å². The first-order chi connectivity index (χ1) is 33.3. The predicted molar refractivity (Wildman–Crippen MR) is 261 cm³/mol. The molecule has 0 bridgehead atoms. The highest BCUT2D eigenvalue weighted by molar-refractivity contribution is 7.13. The zero-order chi connectivity index (χ0) is 50.6. The van der Waals surface area contributed by atoms with Gasteiger partial charge in [-0.1, -0.05) is 81.5 Å². The number of aliphatic hydroxyl groups is 1. The van der Waals surface area contributed by atoms with Crippen molar-refractivity contribution in [2.24, 2.45) is 17.3 Å². The number of pyridine rings is 1. The number of hydrogen-bond acceptors (Lipinski definition) is 10. The Morgan fingerprint density at radius 1 is 0.900 bits per heavy atom. The van der Waals surface area contributed by atoms with Crippen molar-refractivity contribution < 1.29 is 47.0 Å². The standard InChI is InChI=1S/C52H64F3N7O7S/c1-32-46(70-31-60-32)37-17-13-34(14-18-37)27-59-49(67)42-26-40(63)30-62(42)50(68)47(51(2,3)4)61-44(64)11-6-7-22-56-45(65)24-35-9-8-10-36(23-35)28-58-48(66)41-25-38(43(69-5)29-57-41)19-12-33-15-20-39(21-16-33)52(53,54)55/h8-10,12-14,17-19,23,25,29,31,33,39-40,42,47,63H,6-7,11,15-16,20-22,24,26-28,30H2,1-5H3,(H,56,65)(H,58,66)(H,59,67)(H,61,64)/b19-12+/t33?,39?,40-,42+,47-/m1/s1. The number of aryl methyl sites for hydroxylation is 1. The number of amides is 5. The number of alkyl halides is 3. The average molecular weight is 988 g/mol. The number of halogens is 3. The second kappa shape index (κ2) is 24.1. The third-order valence-electron chi connectivity index (χ3n) is 12.8. The van der Waals surface area contributed by atoms with Gasteiger partial charge in [0.2, 0.25) is 23.6 Å². The number of nitrogens with zero attached hydrogens (tertiary/aromatic N) is 3. The fraction of sp³-hybridized carbons (Fsp3) is 0.481. The van der Waals surface area contributed by atoms with Gasteiger partial charge in [0.15, 0.2) is 0 Å². The Bertz CT molecular complexity index is 2480. The van der Waals surface area contributed by atoms with Gasteiger partial charge in [0.05, 0.1) is 47.8 Å². The number of unbranched alkanes of at least 4 members (excludes halogenated alkanes) is 1. The molecular weight excluding hydrogens is 924 g/mol. The summed E-state index contributed by atoms with van der Waals surface area (Å²) in [6.45, 7) is 8.14. The summed E-state index contributed by atoms with van der Waals surface area (Å²) in [5, 5.41) is 22.1. The zero-order valence-electron chi connectivity index (χ0n) is 40.4. The number of nitrogens with one attached hydrogen (secondary N) is 4. The highest BCUT2D eigenvalue weighted by Crippen LogP contribution is 2.40. The number of carbonyl (C=O) groups is 5. The van der Waals surface area contributed by atoms with E-state index in [0.29, 0.717) is 43.5 Å². The molecule has 0 unspecified atom stereocenters. The maximum Gasteiger partial charge on any atom is 0.391 e. The van der Waals surface area contributed by atoms with Gasteiger partial charge < -0.3 is 36.0 Å². The number of β-amino-alcohol motifs (C(OH)–C–C–N with tert-alkyl or cyclic N) is 1. The van der Waals surface area contributed by atoms with E-state index in [-0.39, 0.29) is 81.1 Å². The molecule has 6 rings (SSSR count). The second-order valence-electron chi connectivity index (χ2n) is 19.3. The monoisotopic (exact) mass is 987 g/mol. The van der Waals surface area contributed by atoms with Crippen molar-refractivity contribution in [1.29, 1.82) is 0 Å². The minimum atomic E-state index is -4.17. The Hall–Kier alpha value is -6.14. The predicted octanol–water partition coefficient (Wildman–Crippen LogP) is 7.47. The van der Waals surface area contributed by atoms with Crippen LogP contribution in [-0.2, 0) is 38.7 Å². The van der Waals surface area contributed by atoms with Crippen LogP contribution in [0.15, 0.2) is 72.4 Å². The minimum absolute atomic E-state index is 0.00788. The van der Waals surface area contributed by atoms with E-state index in [9.17, 15) is 42.3 Å². The van der Waals surface area contributed by atoms with Gasteiger partial charge in [0.1, 0.15) is 23.5 Å². The summed E-state index contributed by atoms with van der Waals surface area (Å²) >= 11 is 1.56. The summed E-state index contributed by atoms with van der Waals surface area (Å²) in [4.78, 5) is 77.7. The Balaban J connectivity index is 0.911. The lowest BCUT2D eigenvalue weighted by Crippen LogP contribution is -2.57. The maximum atomic E-state index is 14.0. The van der Waals surface area contributed by atoms with Crippen molar-refractivity contribution in [2.75, 3.05) is 20.2 Å². The van der Waals surface area contributed by atoms with Crippen molar-refractivity contribution in [1.82, 2.24) is 36.1 Å². The molecule has 2 aromatic carbocycles. The number of carbonyl (C=O) groups excluding carboxylic acids is 5. The van der Waals surface area contributed by atoms with Crippen LogP contribution in [0.3, 0.4) is 0 Å². The third-order valence-corrected chi connectivity index (χ3v) is 13.8. The van der Waals surface area contributed by atoms with Gasteiger partial charge in [-0.05, 0) is 85.1 Å². The summed E-state index contributed by atoms with van der Waals surface area (Å²) in [6, 6.07) is 14.8. The van der Waals surface area contributed by atoms with Gasteiger partial charge in [0.25, 0.3) is 5.91 Å². The molecule has 2 fully saturated rings. The van der Waals surface area contributed by atoms with Crippen LogP contribution in [0, 0.1) is 24.2 Å². The lowest BCUT2D eigenvalue weighted by molar-refractivity contribution is -0.183. The first-order valence-corrected chi connectivity index (χ1v) is 24.6. The second-order valence-corrected chi connectivity index (χ2v) is 20.1. The van der Waals surface area contributed by atoms with Gasteiger partial charge in [-0.25, -0.2) is 9.97 Å². The van der Waals surface area contributed by atoms with Crippen LogP contribution in [-0.4, -0.2) is 94.1 Å². The summed E-state index contributed by atoms with van der Waals surface area (Å²) < 4.78 is 44.7. The number of aromatic nitrogens is 2. The van der Waals surface area contributed by atoms with Crippen LogP contribution < -0.4 is 26.0 Å². The van der Waals surface area contributed by atoms with Crippen LogP contribution in [0.2, 0.25) is 0 Å². The van der Waals surface area contributed by atoms with Crippen molar-refractivity contribution in [3.8, 4) is 16.2 Å². The van der Waals surface area contributed by atoms with Gasteiger partial charge in [-0.3, -0.25) is 24.0 Å². The third kappa shape index (κ3) is 14.9. The number of aliphatic hydroxyl groups excluding tert-OH is 1. The number of methoxy groups -OCH3 is 1. The molecule has 14 nitrogen and oxygen atoms in total. The van der Waals surface area contributed by atoms with Crippen molar-refractivity contribution in [3.05, 3.63) is 106 Å². The van der Waals surface area contributed by atoms with Gasteiger partial charge in [-0.2, -0.15) is 13.2 Å². The fourth-order valence-corrected chi connectivity index (χ4v) is 9.60. The van der Waals surface area contributed by atoms with E-state index in [2.05, 4.69) is 31.2 Å². The maximum absolute atomic E-state index is 14.0. The molecule has 0 spiro atoms. The van der Waals surface area contributed by atoms with Crippen molar-refractivity contribution in [3.63, 3.8) is 0 Å². The molecule has 1 aliphatic heterocycles. The Morgan fingerprint density at radius 3 is 2.29 bits per heavy atom. The Labute approximate surface area is 411 Å². The number of benzene rings is 2. The highest BCUT2D eigenvalue weighted by Gasteiger charge is 2.44. The summed E-state index contributed by atoms with van der Waals surface area (Å²) in [5.41, 5.74) is 6.19. The largest absolute Gasteiger partial charge is 0.495 e. The fourth-order valence-electron chi connectivity index (χ4n) is 8.78. The lowest BCUT2D eigenvalue weighted by Gasteiger charge is -2.35. The molecule has 70 heavy (non-hydrogen) atoms. The summed E-state index contributed by atoms with van der Waals surface area (Å²) in [7, 11) is 1.48. The first-order valence-electron chi connectivity index (χ1n) is 23.8. The molecule has 4 aromatic rings. The molecule has 2 aliphatic rings. The molecule has 1 aliphatic carbocycles. The van der Waals surface area contributed by atoms with Crippen LogP contribution in [0.5, 0.6) is 5.75 Å². The average Bonchev–Trinajstić information content (AvgIpc) is 3.95. The van der Waals surface area contributed by atoms with Crippen LogP contribution in [0.4, 0.5) is 13.2 Å². The van der Waals surface area contributed by atoms with Gasteiger partial charge in [0, 0.05) is 44.6 Å². The summed E-state index contributed by atoms with van der Waals surface area (Å²) in [5.74, 6) is -2.66. The van der Waals surface area contributed by atoms with E-state index >= 15 is 0 Å². The van der Waals surface area contributed by atoms with Crippen LogP contribution in [0.25, 0.3) is 16.5 Å². The molecular formula is C52H64F3N7O7S. The summed E-state index contributed by atoms with van der Waals surface area (Å²) in [6.07, 6.45) is 2.29. The quantitative estimate of drug-likeness (QED) is 0.0593. The highest BCUT2D eigenvalue weighted by atomic mass is 32.1. The topological polar surface area (TPSA) is 192 Å². The number of hydrogen-bond donors (Lipinski definition) is 5. The molecule has 1 saturated carbocycles. The number of rotatable bonds is 19. The van der Waals surface area contributed by atoms with Gasteiger partial charge in [-0.15, -0.1) is 11.3 Å². The number of allylic oxidation sites excluding steroid dienone is 1. The smallest absolute Gasteiger partial charge is 0.391 e. The van der Waals surface area contributed by atoms with Crippen molar-refractivity contribution >= 4 is 46.9 Å². The Kier molecular flexibility index (Phi) is 18.3. The number of thiazole rings is 1. The SMILES string of the molecule is COc1cnc(C(=O)NCc2cccc(CC(=O)NCCCCC(=O)N[C@H](C(=O)N3C[C@H](O)C[C@H]3C(=O)NCc3ccc(-c4scnc4C)cc3)C(C)(C)C)c2)cc1/C=C/C1CCC(C(F)(F)F)CC1. The lowest BCUT2D eigenvalue weighted by atomic mass is 9.81. The molecule has 2 aromatic heterocycles. The molecule has 5 N–H and O–H groups in total. The molecule has 3 heterocycles. The van der Waals surface area contributed by atoms with Crippen molar-refractivity contribution in [2.45, 2.75) is 123 Å². The number of likely N-dealkylation sites (tertiary alicyclic amines) is 1. The van der Waals surface area contributed by atoms with E-state index in [0.717, 1.165) is 32.8 Å². The Morgan fingerprint density at radius 2 is 1.61 bits per heavy atom. The number of ether oxygens (including phenoxy) is 1. The van der Waals surface area contributed by atoms with E-state index in [1.165, 1.54) is 18.2 Å². The normalized spacial score (nSPS) is 18.8. The molecule has 0 radical (unpaired) electrons. The van der Waals surface area contributed by atoms with E-state index in [4.69, 9.17) is 4.74 Å². The van der Waals surface area contributed by atoms with E-state index in [1.807, 2.05) is 76.2 Å². The van der Waals surface area contributed by atoms with Crippen LogP contribution in [0.1, 0.15) is 111 Å². The minimum Gasteiger partial charge on any atom is -0.495 e.